The van der Waals surface area contributed by atoms with Crippen molar-refractivity contribution in [3.05, 3.63) is 113 Å². The smallest absolute Gasteiger partial charge is 0.220 e. The highest BCUT2D eigenvalue weighted by Crippen LogP contribution is 2.47. The van der Waals surface area contributed by atoms with Crippen LogP contribution in [0.4, 0.5) is 22.0 Å². The summed E-state index contributed by atoms with van der Waals surface area (Å²) in [5, 5.41) is 0.890. The first-order valence-corrected chi connectivity index (χ1v) is 12.6. The maximum atomic E-state index is 14.6. The van der Waals surface area contributed by atoms with Crippen molar-refractivity contribution in [3.63, 3.8) is 0 Å². The van der Waals surface area contributed by atoms with Crippen molar-refractivity contribution in [2.75, 3.05) is 0 Å². The fraction of sp³-hybridized carbons (Fsp3) is 0.167. The standard InChI is InChI=1S/C24H19F5OSi/c1-31(2)18(15-9-5-3-6-10-15)14-24(30-31,16-11-7-4-8-12-16)13-17-19(25)21(27)23(29)22(28)20(17)26/h3-12,14H,13H2,1-2H3. The van der Waals surface area contributed by atoms with E-state index in [0.717, 1.165) is 10.8 Å². The first-order chi connectivity index (χ1) is 14.7. The van der Waals surface area contributed by atoms with Gasteiger partial charge in [-0.15, -0.1) is 0 Å². The molecule has 1 atom stereocenters. The molecule has 0 spiro atoms. The molecule has 0 fully saturated rings. The van der Waals surface area contributed by atoms with Gasteiger partial charge in [0.25, 0.3) is 0 Å². The highest BCUT2D eigenvalue weighted by atomic mass is 28.4. The summed E-state index contributed by atoms with van der Waals surface area (Å²) in [4.78, 5) is 0. The highest BCUT2D eigenvalue weighted by molar-refractivity contribution is 6.90. The van der Waals surface area contributed by atoms with Gasteiger partial charge in [0.05, 0.1) is 0 Å². The SMILES string of the molecule is C[Si]1(C)OC(Cc2c(F)c(F)c(F)c(F)c2F)(c2ccccc2)C=C1c1ccccc1. The molecular formula is C24H19F5OSi. The molecule has 0 saturated heterocycles. The van der Waals surface area contributed by atoms with Crippen molar-refractivity contribution in [2.45, 2.75) is 25.1 Å². The molecular weight excluding hydrogens is 427 g/mol. The molecule has 3 aromatic rings. The largest absolute Gasteiger partial charge is 0.400 e. The summed E-state index contributed by atoms with van der Waals surface area (Å²) in [5.74, 6) is -9.76. The van der Waals surface area contributed by atoms with Crippen LogP contribution >= 0.6 is 0 Å². The molecule has 0 aromatic heterocycles. The molecule has 1 unspecified atom stereocenters. The van der Waals surface area contributed by atoms with Gasteiger partial charge in [0.1, 0.15) is 5.60 Å². The van der Waals surface area contributed by atoms with Gasteiger partial charge in [-0.2, -0.15) is 0 Å². The fourth-order valence-electron chi connectivity index (χ4n) is 4.12. The molecule has 4 rings (SSSR count). The van der Waals surface area contributed by atoms with Crippen LogP contribution in [-0.4, -0.2) is 8.32 Å². The zero-order chi connectivity index (χ0) is 22.4. The summed E-state index contributed by atoms with van der Waals surface area (Å²) in [5.41, 5.74) is -0.795. The maximum Gasteiger partial charge on any atom is 0.220 e. The quantitative estimate of drug-likeness (QED) is 0.188. The Bertz CT molecular complexity index is 1130. The van der Waals surface area contributed by atoms with E-state index in [2.05, 4.69) is 0 Å². The van der Waals surface area contributed by atoms with Crippen molar-refractivity contribution in [2.24, 2.45) is 0 Å². The lowest BCUT2D eigenvalue weighted by atomic mass is 9.86. The van der Waals surface area contributed by atoms with E-state index in [0.29, 0.717) is 5.56 Å². The van der Waals surface area contributed by atoms with Gasteiger partial charge < -0.3 is 4.43 Å². The van der Waals surface area contributed by atoms with E-state index in [4.69, 9.17) is 4.43 Å². The molecule has 1 heterocycles. The third-order valence-corrected chi connectivity index (χ3v) is 8.16. The molecule has 7 heteroatoms. The van der Waals surface area contributed by atoms with Gasteiger partial charge in [-0.3, -0.25) is 0 Å². The van der Waals surface area contributed by atoms with Crippen LogP contribution in [0.1, 0.15) is 16.7 Å². The van der Waals surface area contributed by atoms with E-state index in [-0.39, 0.29) is 0 Å². The minimum atomic E-state index is -2.60. The van der Waals surface area contributed by atoms with E-state index in [1.54, 1.807) is 36.4 Å². The topological polar surface area (TPSA) is 9.23 Å². The first kappa shape index (κ1) is 21.5. The second kappa shape index (κ2) is 7.73. The monoisotopic (exact) mass is 446 g/mol. The second-order valence-corrected chi connectivity index (χ2v) is 11.8. The zero-order valence-corrected chi connectivity index (χ0v) is 17.9. The number of benzene rings is 3. The average molecular weight is 446 g/mol. The molecule has 0 saturated carbocycles. The van der Waals surface area contributed by atoms with Crippen LogP contribution in [-0.2, 0) is 16.4 Å². The Balaban J connectivity index is 1.94. The van der Waals surface area contributed by atoms with E-state index in [1.807, 2.05) is 43.4 Å². The molecule has 31 heavy (non-hydrogen) atoms. The lowest BCUT2D eigenvalue weighted by Crippen LogP contribution is -2.38. The lowest BCUT2D eigenvalue weighted by molar-refractivity contribution is 0.121. The van der Waals surface area contributed by atoms with Gasteiger partial charge in [0.15, 0.2) is 23.3 Å². The van der Waals surface area contributed by atoms with Crippen molar-refractivity contribution < 1.29 is 26.4 Å². The summed E-state index contributed by atoms with van der Waals surface area (Å²) in [6.07, 6.45) is 1.25. The maximum absolute atomic E-state index is 14.6. The number of rotatable bonds is 4. The molecule has 0 amide bonds. The highest BCUT2D eigenvalue weighted by Gasteiger charge is 2.48. The van der Waals surface area contributed by atoms with Gasteiger partial charge in [-0.25, -0.2) is 22.0 Å². The van der Waals surface area contributed by atoms with Gasteiger partial charge in [-0.05, 0) is 35.5 Å². The molecule has 1 nitrogen and oxygen atoms in total. The van der Waals surface area contributed by atoms with Crippen molar-refractivity contribution >= 4 is 13.5 Å². The van der Waals surface area contributed by atoms with Crippen molar-refractivity contribution in [3.8, 4) is 0 Å². The van der Waals surface area contributed by atoms with E-state index in [1.165, 1.54) is 0 Å². The number of halogens is 5. The van der Waals surface area contributed by atoms with Gasteiger partial charge in [-0.1, -0.05) is 60.7 Å². The predicted octanol–water partition coefficient (Wildman–Crippen LogP) is 6.68. The molecule has 0 radical (unpaired) electrons. The minimum absolute atomic E-state index is 0.532. The summed E-state index contributed by atoms with van der Waals surface area (Å²) in [7, 11) is -2.60. The second-order valence-electron chi connectivity index (χ2n) is 8.02. The lowest BCUT2D eigenvalue weighted by Gasteiger charge is -2.33. The molecule has 0 aliphatic carbocycles. The summed E-state index contributed by atoms with van der Waals surface area (Å²) in [6.45, 7) is 3.88. The van der Waals surface area contributed by atoms with Crippen LogP contribution in [0.3, 0.4) is 0 Å². The predicted molar refractivity (Wildman–Crippen MR) is 111 cm³/mol. The van der Waals surface area contributed by atoms with Crippen LogP contribution < -0.4 is 0 Å². The van der Waals surface area contributed by atoms with Crippen molar-refractivity contribution in [1.29, 1.82) is 0 Å². The molecule has 1 aliphatic rings. The first-order valence-electron chi connectivity index (χ1n) is 9.71. The van der Waals surface area contributed by atoms with Crippen LogP contribution in [0.25, 0.3) is 5.20 Å². The van der Waals surface area contributed by atoms with E-state index >= 15 is 0 Å². The average Bonchev–Trinajstić information content (AvgIpc) is 3.06. The van der Waals surface area contributed by atoms with Crippen LogP contribution in [0.2, 0.25) is 13.1 Å². The van der Waals surface area contributed by atoms with Gasteiger partial charge >= 0.3 is 0 Å². The summed E-state index contributed by atoms with van der Waals surface area (Å²) >= 11 is 0. The van der Waals surface area contributed by atoms with E-state index < -0.39 is 55.0 Å². The molecule has 160 valence electrons. The van der Waals surface area contributed by atoms with Crippen molar-refractivity contribution in [1.82, 2.24) is 0 Å². The fourth-order valence-corrected chi connectivity index (χ4v) is 6.83. The molecule has 0 bridgehead atoms. The number of hydrogen-bond donors (Lipinski definition) is 0. The van der Waals surface area contributed by atoms with Crippen LogP contribution in [0.15, 0.2) is 66.7 Å². The third kappa shape index (κ3) is 3.62. The Kier molecular flexibility index (Phi) is 5.35. The normalized spacial score (nSPS) is 20.0. The molecule has 3 aromatic carbocycles. The van der Waals surface area contributed by atoms with E-state index in [9.17, 15) is 22.0 Å². The minimum Gasteiger partial charge on any atom is -0.400 e. The van der Waals surface area contributed by atoms with Gasteiger partial charge in [0.2, 0.25) is 14.1 Å². The molecule has 1 aliphatic heterocycles. The third-order valence-electron chi connectivity index (χ3n) is 5.55. The van der Waals surface area contributed by atoms with Gasteiger partial charge in [0, 0.05) is 12.0 Å². The molecule has 0 N–H and O–H groups in total. The Hall–Kier alpha value is -2.77. The zero-order valence-electron chi connectivity index (χ0n) is 16.9. The summed E-state index contributed by atoms with van der Waals surface area (Å²) in [6, 6.07) is 18.1. The number of hydrogen-bond acceptors (Lipinski definition) is 1. The Morgan fingerprint density at radius 2 is 1.19 bits per heavy atom. The van der Waals surface area contributed by atoms with Crippen LogP contribution in [0, 0.1) is 29.1 Å². The van der Waals surface area contributed by atoms with Crippen LogP contribution in [0.5, 0.6) is 0 Å². The summed E-state index contributed by atoms with van der Waals surface area (Å²) < 4.78 is 77.0. The Morgan fingerprint density at radius 3 is 1.74 bits per heavy atom. The Morgan fingerprint density at radius 1 is 0.710 bits per heavy atom. The Labute approximate surface area is 177 Å².